The van der Waals surface area contributed by atoms with Crippen LogP contribution in [0.4, 0.5) is 5.69 Å². The zero-order valence-electron chi connectivity index (χ0n) is 19.8. The van der Waals surface area contributed by atoms with Crippen LogP contribution in [0.1, 0.15) is 45.2 Å². The van der Waals surface area contributed by atoms with E-state index in [4.69, 9.17) is 0 Å². The van der Waals surface area contributed by atoms with Crippen molar-refractivity contribution in [2.24, 2.45) is 0 Å². The zero-order valence-corrected chi connectivity index (χ0v) is 19.8. The Morgan fingerprint density at radius 1 is 0.941 bits per heavy atom. The lowest BCUT2D eigenvalue weighted by molar-refractivity contribution is -0.116. The van der Waals surface area contributed by atoms with Gasteiger partial charge in [0.2, 0.25) is 11.3 Å². The molecule has 1 amide bonds. The molecule has 0 fully saturated rings. The lowest BCUT2D eigenvalue weighted by Crippen LogP contribution is -2.25. The van der Waals surface area contributed by atoms with Gasteiger partial charge in [-0.15, -0.1) is 0 Å². The Morgan fingerprint density at radius 2 is 1.68 bits per heavy atom. The summed E-state index contributed by atoms with van der Waals surface area (Å²) in [6.07, 6.45) is 2.31. The quantitative estimate of drug-likeness (QED) is 0.427. The predicted octanol–water partition coefficient (Wildman–Crippen LogP) is 4.75. The molecule has 6 heteroatoms. The summed E-state index contributed by atoms with van der Waals surface area (Å²) in [7, 11) is 0. The number of nitrogens with zero attached hydrogens (tertiary/aromatic N) is 2. The molecule has 0 atom stereocenters. The van der Waals surface area contributed by atoms with E-state index < -0.39 is 5.43 Å². The van der Waals surface area contributed by atoms with Crippen LogP contribution >= 0.6 is 0 Å². The summed E-state index contributed by atoms with van der Waals surface area (Å²) >= 11 is 0. The van der Waals surface area contributed by atoms with Crippen molar-refractivity contribution in [3.63, 3.8) is 0 Å². The molecule has 0 saturated heterocycles. The Bertz CT molecular complexity index is 1470. The Kier molecular flexibility index (Phi) is 6.41. The molecule has 0 aliphatic heterocycles. The number of hydrogen-bond acceptors (Lipinski definition) is 4. The first kappa shape index (κ1) is 23.1. The molecule has 2 heterocycles. The van der Waals surface area contributed by atoms with Gasteiger partial charge in [0, 0.05) is 23.1 Å². The Balaban J connectivity index is 1.74. The average Bonchev–Trinajstić information content (AvgIpc) is 2.82. The molecule has 0 aliphatic rings. The third-order valence-electron chi connectivity index (χ3n) is 6.03. The minimum Gasteiger partial charge on any atom is -0.325 e. The third-order valence-corrected chi connectivity index (χ3v) is 6.03. The second-order valence-electron chi connectivity index (χ2n) is 8.55. The van der Waals surface area contributed by atoms with E-state index in [2.05, 4.69) is 10.3 Å². The molecule has 0 aliphatic carbocycles. The number of ketones is 1. The zero-order chi connectivity index (χ0) is 24.4. The first-order valence-electron chi connectivity index (χ1n) is 11.3. The van der Waals surface area contributed by atoms with Gasteiger partial charge in [0.05, 0.1) is 10.9 Å². The van der Waals surface area contributed by atoms with Crippen molar-refractivity contribution in [3.8, 4) is 0 Å². The van der Waals surface area contributed by atoms with E-state index in [1.807, 2.05) is 58.0 Å². The van der Waals surface area contributed by atoms with Gasteiger partial charge in [0.1, 0.15) is 12.2 Å². The number of pyridine rings is 2. The largest absolute Gasteiger partial charge is 0.325 e. The van der Waals surface area contributed by atoms with E-state index in [9.17, 15) is 14.4 Å². The first-order valence-corrected chi connectivity index (χ1v) is 11.3. The third kappa shape index (κ3) is 4.66. The number of aryl methyl sites for hydroxylation is 4. The highest BCUT2D eigenvalue weighted by molar-refractivity contribution is 6.10. The number of carbonyl (C=O) groups excluding carboxylic acids is 2. The summed E-state index contributed by atoms with van der Waals surface area (Å²) in [4.78, 5) is 43.8. The number of amides is 1. The van der Waals surface area contributed by atoms with Gasteiger partial charge in [0.25, 0.3) is 0 Å². The number of nitrogens with one attached hydrogen (secondary N) is 1. The summed E-state index contributed by atoms with van der Waals surface area (Å²) in [5.74, 6) is -0.652. The van der Waals surface area contributed by atoms with E-state index in [1.165, 1.54) is 6.20 Å². The van der Waals surface area contributed by atoms with Crippen LogP contribution in [0, 0.1) is 20.8 Å². The fourth-order valence-corrected chi connectivity index (χ4v) is 3.86. The first-order chi connectivity index (χ1) is 16.3. The van der Waals surface area contributed by atoms with E-state index >= 15 is 0 Å². The van der Waals surface area contributed by atoms with Gasteiger partial charge in [-0.25, -0.2) is 4.98 Å². The Labute approximate surface area is 198 Å². The molecule has 172 valence electrons. The highest BCUT2D eigenvalue weighted by Crippen LogP contribution is 2.17. The fourth-order valence-electron chi connectivity index (χ4n) is 3.86. The summed E-state index contributed by atoms with van der Waals surface area (Å²) in [6.45, 7) is 7.76. The number of rotatable bonds is 6. The summed E-state index contributed by atoms with van der Waals surface area (Å²) in [6, 6.07) is 16.3. The van der Waals surface area contributed by atoms with Crippen molar-refractivity contribution in [2.75, 3.05) is 5.32 Å². The van der Waals surface area contributed by atoms with Crippen molar-refractivity contribution in [1.29, 1.82) is 0 Å². The predicted molar refractivity (Wildman–Crippen MR) is 135 cm³/mol. The van der Waals surface area contributed by atoms with Crippen molar-refractivity contribution in [2.45, 2.75) is 40.7 Å². The topological polar surface area (TPSA) is 81.1 Å². The van der Waals surface area contributed by atoms with Crippen molar-refractivity contribution in [1.82, 2.24) is 9.55 Å². The van der Waals surface area contributed by atoms with Crippen molar-refractivity contribution >= 4 is 28.4 Å². The maximum atomic E-state index is 13.2. The van der Waals surface area contributed by atoms with Crippen LogP contribution in [0.5, 0.6) is 0 Å². The van der Waals surface area contributed by atoms with Crippen LogP contribution in [0.25, 0.3) is 11.0 Å². The number of carbonyl (C=O) groups is 2. The summed E-state index contributed by atoms with van der Waals surface area (Å²) in [5, 5.41) is 3.20. The van der Waals surface area contributed by atoms with E-state index in [0.717, 1.165) is 23.1 Å². The lowest BCUT2D eigenvalue weighted by atomic mass is 10.0. The lowest BCUT2D eigenvalue weighted by Gasteiger charge is -2.14. The van der Waals surface area contributed by atoms with Crippen LogP contribution in [0.3, 0.4) is 0 Å². The van der Waals surface area contributed by atoms with Gasteiger partial charge in [-0.2, -0.15) is 0 Å². The molecule has 1 N–H and O–H groups in total. The van der Waals surface area contributed by atoms with Crippen molar-refractivity contribution in [3.05, 3.63) is 105 Å². The molecule has 0 spiro atoms. The van der Waals surface area contributed by atoms with Gasteiger partial charge >= 0.3 is 0 Å². The van der Waals surface area contributed by atoms with E-state index in [0.29, 0.717) is 28.0 Å². The number of hydrogen-bond donors (Lipinski definition) is 1. The van der Waals surface area contributed by atoms with Gasteiger partial charge in [0.15, 0.2) is 5.78 Å². The highest BCUT2D eigenvalue weighted by atomic mass is 16.2. The SMILES string of the molecule is CCc1ccc(C(=O)c2cn(CC(=O)Nc3ccc(C)c(C)c3)c3nc(C)ccc3c2=O)cc1. The van der Waals surface area contributed by atoms with Gasteiger partial charge in [-0.1, -0.05) is 37.3 Å². The molecule has 4 rings (SSSR count). The molecule has 2 aromatic carbocycles. The molecule has 6 nitrogen and oxygen atoms in total. The van der Waals surface area contributed by atoms with Gasteiger partial charge in [-0.3, -0.25) is 14.4 Å². The fraction of sp³-hybridized carbons (Fsp3) is 0.214. The maximum Gasteiger partial charge on any atom is 0.244 e. The van der Waals surface area contributed by atoms with Gasteiger partial charge < -0.3 is 9.88 Å². The van der Waals surface area contributed by atoms with E-state index in [-0.39, 0.29) is 23.8 Å². The molecular weight excluding hydrogens is 426 g/mol. The number of anilines is 1. The number of benzene rings is 2. The standard InChI is InChI=1S/C28H27N3O3/c1-5-20-8-10-21(11-9-20)26(33)24-15-31(28-23(27(24)34)13-7-19(4)29-28)16-25(32)30-22-12-6-17(2)18(3)14-22/h6-15H,5,16H2,1-4H3,(H,30,32). The molecule has 0 bridgehead atoms. The second kappa shape index (κ2) is 9.43. The van der Waals surface area contributed by atoms with E-state index in [1.54, 1.807) is 28.8 Å². The molecule has 4 aromatic rings. The van der Waals surface area contributed by atoms with Crippen molar-refractivity contribution < 1.29 is 9.59 Å². The van der Waals surface area contributed by atoms with Crippen LogP contribution in [-0.4, -0.2) is 21.2 Å². The molecular formula is C28H27N3O3. The second-order valence-corrected chi connectivity index (χ2v) is 8.55. The van der Waals surface area contributed by atoms with Crippen LogP contribution in [0.2, 0.25) is 0 Å². The monoisotopic (exact) mass is 453 g/mol. The molecule has 34 heavy (non-hydrogen) atoms. The average molecular weight is 454 g/mol. The number of fused-ring (bicyclic) bond motifs is 1. The van der Waals surface area contributed by atoms with Gasteiger partial charge in [-0.05, 0) is 68.1 Å². The normalized spacial score (nSPS) is 10.9. The Morgan fingerprint density at radius 3 is 2.35 bits per heavy atom. The van der Waals surface area contributed by atoms with Crippen LogP contribution in [0.15, 0.2) is 65.6 Å². The van der Waals surface area contributed by atoms with Crippen LogP contribution in [-0.2, 0) is 17.8 Å². The molecule has 0 unspecified atom stereocenters. The smallest absolute Gasteiger partial charge is 0.244 e. The molecule has 0 saturated carbocycles. The highest BCUT2D eigenvalue weighted by Gasteiger charge is 2.19. The van der Waals surface area contributed by atoms with Crippen LogP contribution < -0.4 is 10.7 Å². The number of aromatic nitrogens is 2. The molecule has 2 aromatic heterocycles. The Hall–Kier alpha value is -4.06. The maximum absolute atomic E-state index is 13.2. The summed E-state index contributed by atoms with van der Waals surface area (Å²) < 4.78 is 1.58. The molecule has 0 radical (unpaired) electrons. The summed E-state index contributed by atoms with van der Waals surface area (Å²) in [5.41, 5.74) is 5.15. The minimum atomic E-state index is -0.391. The minimum absolute atomic E-state index is 0.0152.